The van der Waals surface area contributed by atoms with E-state index in [2.05, 4.69) is 90.4 Å². The third kappa shape index (κ3) is 8.03. The van der Waals surface area contributed by atoms with Gasteiger partial charge in [0.25, 0.3) is 0 Å². The first-order chi connectivity index (χ1) is 22.1. The molecule has 0 aliphatic carbocycles. The number of ether oxygens (including phenoxy) is 2. The van der Waals surface area contributed by atoms with Crippen molar-refractivity contribution in [1.29, 1.82) is 0 Å². The van der Waals surface area contributed by atoms with Crippen molar-refractivity contribution < 1.29 is 19.1 Å². The van der Waals surface area contributed by atoms with E-state index in [9.17, 15) is 9.59 Å². The minimum atomic E-state index is -0.515. The summed E-state index contributed by atoms with van der Waals surface area (Å²) in [5.74, 6) is -0.818. The highest BCUT2D eigenvalue weighted by Gasteiger charge is 2.16. The van der Waals surface area contributed by atoms with Crippen LogP contribution in [0.1, 0.15) is 41.2 Å². The average molecular weight is 594 g/mol. The number of hydrogen-bond acceptors (Lipinski definition) is 5. The van der Waals surface area contributed by atoms with Crippen molar-refractivity contribution in [2.24, 2.45) is 0 Å². The lowest BCUT2D eigenvalue weighted by Crippen LogP contribution is -2.12. The minimum absolute atomic E-state index is 0.0433. The van der Waals surface area contributed by atoms with E-state index in [1.807, 2.05) is 60.7 Å². The van der Waals surface area contributed by atoms with E-state index in [-0.39, 0.29) is 25.6 Å². The summed E-state index contributed by atoms with van der Waals surface area (Å²) in [5.41, 5.74) is 8.81. The number of nitrogens with zero attached hydrogens (tertiary/aromatic N) is 1. The second-order valence-electron chi connectivity index (χ2n) is 10.3. The molecule has 5 aromatic carbocycles. The van der Waals surface area contributed by atoms with E-state index in [0.29, 0.717) is 0 Å². The zero-order valence-electron chi connectivity index (χ0n) is 25.3. The Morgan fingerprint density at radius 2 is 1.18 bits per heavy atom. The van der Waals surface area contributed by atoms with Crippen LogP contribution >= 0.6 is 0 Å². The number of esters is 2. The van der Waals surface area contributed by atoms with Gasteiger partial charge in [-0.05, 0) is 75.9 Å². The Bertz CT molecular complexity index is 1720. The smallest absolute Gasteiger partial charge is 0.330 e. The van der Waals surface area contributed by atoms with Gasteiger partial charge < -0.3 is 14.4 Å². The number of benzene rings is 5. The Labute approximate surface area is 264 Å². The standard InChI is InChI=1S/C40H35NO4/c1-3-39(42)44-28-33-22-25-37(27-34(33)29-45-40(43)4-2)41(35-18-12-7-13-19-35)36-23-20-30(21-24-36)26-38(31-14-8-5-9-15-31)32-16-10-6-11-17-32/h3,5-27H,1,4,28-29H2,2H3. The molecule has 45 heavy (non-hydrogen) atoms. The third-order valence-corrected chi connectivity index (χ3v) is 7.31. The van der Waals surface area contributed by atoms with Crippen LogP contribution < -0.4 is 4.90 Å². The first-order valence-corrected chi connectivity index (χ1v) is 14.9. The number of para-hydroxylation sites is 1. The molecule has 0 amide bonds. The van der Waals surface area contributed by atoms with Crippen molar-refractivity contribution in [3.05, 3.63) is 174 Å². The molecule has 0 unspecified atom stereocenters. The van der Waals surface area contributed by atoms with Crippen molar-refractivity contribution in [3.63, 3.8) is 0 Å². The number of carbonyl (C=O) groups excluding carboxylic acids is 2. The molecule has 0 atom stereocenters. The molecular formula is C40H35NO4. The Morgan fingerprint density at radius 1 is 0.644 bits per heavy atom. The Morgan fingerprint density at radius 3 is 1.76 bits per heavy atom. The highest BCUT2D eigenvalue weighted by Crippen LogP contribution is 2.36. The molecule has 0 bridgehead atoms. The second-order valence-corrected chi connectivity index (χ2v) is 10.3. The molecule has 0 fully saturated rings. The van der Waals surface area contributed by atoms with Crippen LogP contribution in [0.2, 0.25) is 0 Å². The number of hydrogen-bond donors (Lipinski definition) is 0. The fourth-order valence-corrected chi connectivity index (χ4v) is 4.97. The lowest BCUT2D eigenvalue weighted by atomic mass is 9.95. The van der Waals surface area contributed by atoms with Crippen molar-refractivity contribution in [1.82, 2.24) is 0 Å². The molecule has 0 radical (unpaired) electrons. The maximum absolute atomic E-state index is 12.0. The SMILES string of the molecule is C=CC(=O)OCc1ccc(N(c2ccccc2)c2ccc(C=C(c3ccccc3)c3ccccc3)cc2)cc1COC(=O)CC. The van der Waals surface area contributed by atoms with Gasteiger partial charge in [0, 0.05) is 29.6 Å². The lowest BCUT2D eigenvalue weighted by molar-refractivity contribution is -0.145. The minimum Gasteiger partial charge on any atom is -0.461 e. The lowest BCUT2D eigenvalue weighted by Gasteiger charge is -2.26. The topological polar surface area (TPSA) is 55.8 Å². The summed E-state index contributed by atoms with van der Waals surface area (Å²) < 4.78 is 10.8. The van der Waals surface area contributed by atoms with E-state index >= 15 is 0 Å². The number of anilines is 3. The van der Waals surface area contributed by atoms with E-state index < -0.39 is 5.97 Å². The summed E-state index contributed by atoms with van der Waals surface area (Å²) in [6.45, 7) is 5.33. The van der Waals surface area contributed by atoms with Crippen LogP contribution in [0.4, 0.5) is 17.1 Å². The van der Waals surface area contributed by atoms with Gasteiger partial charge in [-0.3, -0.25) is 4.79 Å². The summed E-state index contributed by atoms with van der Waals surface area (Å²) in [6, 6.07) is 45.1. The first-order valence-electron chi connectivity index (χ1n) is 14.9. The molecule has 5 rings (SSSR count). The Kier molecular flexibility index (Phi) is 10.4. The zero-order chi connectivity index (χ0) is 31.4. The van der Waals surface area contributed by atoms with Crippen molar-refractivity contribution in [2.75, 3.05) is 4.90 Å². The van der Waals surface area contributed by atoms with Gasteiger partial charge >= 0.3 is 11.9 Å². The van der Waals surface area contributed by atoms with Gasteiger partial charge in [-0.15, -0.1) is 0 Å². The quantitative estimate of drug-likeness (QED) is 0.0819. The average Bonchev–Trinajstić information content (AvgIpc) is 3.10. The van der Waals surface area contributed by atoms with E-state index in [1.54, 1.807) is 6.92 Å². The van der Waals surface area contributed by atoms with Gasteiger partial charge in [0.1, 0.15) is 13.2 Å². The molecule has 0 spiro atoms. The van der Waals surface area contributed by atoms with Crippen molar-refractivity contribution in [3.8, 4) is 0 Å². The van der Waals surface area contributed by atoms with E-state index in [4.69, 9.17) is 9.47 Å². The Hall–Kier alpha value is -5.68. The molecule has 5 heteroatoms. The molecule has 5 nitrogen and oxygen atoms in total. The van der Waals surface area contributed by atoms with Crippen LogP contribution in [-0.4, -0.2) is 11.9 Å². The predicted molar refractivity (Wildman–Crippen MR) is 181 cm³/mol. The summed E-state index contributed by atoms with van der Waals surface area (Å²) in [5, 5.41) is 0. The largest absolute Gasteiger partial charge is 0.461 e. The highest BCUT2D eigenvalue weighted by atomic mass is 16.5. The zero-order valence-corrected chi connectivity index (χ0v) is 25.3. The summed E-state index contributed by atoms with van der Waals surface area (Å²) in [4.78, 5) is 25.9. The maximum Gasteiger partial charge on any atom is 0.330 e. The van der Waals surface area contributed by atoms with Crippen molar-refractivity contribution in [2.45, 2.75) is 26.6 Å². The normalized spacial score (nSPS) is 10.4. The molecule has 0 saturated heterocycles. The van der Waals surface area contributed by atoms with Gasteiger partial charge in [-0.25, -0.2) is 4.79 Å². The van der Waals surface area contributed by atoms with Gasteiger partial charge in [-0.2, -0.15) is 0 Å². The second kappa shape index (κ2) is 15.2. The molecule has 5 aromatic rings. The molecular weight excluding hydrogens is 558 g/mol. The molecule has 0 heterocycles. The Balaban J connectivity index is 1.53. The monoisotopic (exact) mass is 593 g/mol. The number of carbonyl (C=O) groups is 2. The van der Waals surface area contributed by atoms with Crippen LogP contribution in [0.15, 0.2) is 146 Å². The summed E-state index contributed by atoms with van der Waals surface area (Å²) in [6.07, 6.45) is 3.61. The van der Waals surface area contributed by atoms with Gasteiger partial charge in [0.15, 0.2) is 0 Å². The van der Waals surface area contributed by atoms with Gasteiger partial charge in [-0.1, -0.05) is 111 Å². The van der Waals surface area contributed by atoms with Crippen LogP contribution in [0.5, 0.6) is 0 Å². The molecule has 224 valence electrons. The first kappa shape index (κ1) is 30.8. The van der Waals surface area contributed by atoms with Crippen molar-refractivity contribution >= 4 is 40.6 Å². The fourth-order valence-electron chi connectivity index (χ4n) is 4.97. The van der Waals surface area contributed by atoms with Crippen LogP contribution in [0.25, 0.3) is 11.6 Å². The molecule has 0 aliphatic rings. The fraction of sp³-hybridized carbons (Fsp3) is 0.100. The third-order valence-electron chi connectivity index (χ3n) is 7.31. The molecule has 0 aromatic heterocycles. The predicted octanol–water partition coefficient (Wildman–Crippen LogP) is 9.43. The highest BCUT2D eigenvalue weighted by molar-refractivity contribution is 5.91. The molecule has 0 N–H and O–H groups in total. The number of rotatable bonds is 12. The molecule has 0 aliphatic heterocycles. The maximum atomic E-state index is 12.0. The van der Waals surface area contributed by atoms with Gasteiger partial charge in [0.05, 0.1) is 0 Å². The summed E-state index contributed by atoms with van der Waals surface area (Å²) >= 11 is 0. The van der Waals surface area contributed by atoms with E-state index in [1.165, 1.54) is 0 Å². The van der Waals surface area contributed by atoms with Crippen LogP contribution in [0.3, 0.4) is 0 Å². The van der Waals surface area contributed by atoms with Crippen LogP contribution in [0, 0.1) is 0 Å². The summed E-state index contributed by atoms with van der Waals surface area (Å²) in [7, 11) is 0. The van der Waals surface area contributed by atoms with E-state index in [0.717, 1.165) is 56.5 Å². The molecule has 0 saturated carbocycles. The van der Waals surface area contributed by atoms with Crippen LogP contribution in [-0.2, 0) is 32.3 Å². The van der Waals surface area contributed by atoms with Gasteiger partial charge in [0.2, 0.25) is 0 Å².